The van der Waals surface area contributed by atoms with Gasteiger partial charge in [-0.1, -0.05) is 31.2 Å². The Kier molecular flexibility index (Phi) is 5.16. The summed E-state index contributed by atoms with van der Waals surface area (Å²) in [5, 5.41) is 0. The van der Waals surface area contributed by atoms with Crippen LogP contribution in [0.3, 0.4) is 0 Å². The standard InChI is InChI=1S/C17H21NO2/c1-3-17(18)14-7-5-9-16(11-14)20-15-8-4-6-13(10-15)12-19-2/h4-11,17H,3,12,18H2,1-2H3. The van der Waals surface area contributed by atoms with Gasteiger partial charge in [-0.15, -0.1) is 0 Å². The highest BCUT2D eigenvalue weighted by atomic mass is 16.5. The molecule has 1 atom stereocenters. The Bertz CT molecular complexity index is 554. The number of methoxy groups -OCH3 is 1. The summed E-state index contributed by atoms with van der Waals surface area (Å²) in [5.74, 6) is 1.61. The lowest BCUT2D eigenvalue weighted by atomic mass is 10.1. The maximum atomic E-state index is 6.05. The minimum absolute atomic E-state index is 0.0541. The molecule has 0 heterocycles. The summed E-state index contributed by atoms with van der Waals surface area (Å²) in [4.78, 5) is 0. The second-order valence-corrected chi connectivity index (χ2v) is 4.77. The molecule has 0 aromatic heterocycles. The minimum Gasteiger partial charge on any atom is -0.457 e. The molecule has 0 bridgehead atoms. The molecule has 0 fully saturated rings. The van der Waals surface area contributed by atoms with Gasteiger partial charge >= 0.3 is 0 Å². The summed E-state index contributed by atoms with van der Waals surface area (Å²) in [5.41, 5.74) is 8.23. The SMILES string of the molecule is CCC(N)c1cccc(Oc2cccc(COC)c2)c1. The Morgan fingerprint density at radius 3 is 2.45 bits per heavy atom. The fraction of sp³-hybridized carbons (Fsp3) is 0.294. The zero-order valence-corrected chi connectivity index (χ0v) is 12.0. The van der Waals surface area contributed by atoms with Crippen LogP contribution in [0.2, 0.25) is 0 Å². The molecule has 0 saturated heterocycles. The first kappa shape index (κ1) is 14.6. The monoisotopic (exact) mass is 271 g/mol. The molecule has 2 N–H and O–H groups in total. The van der Waals surface area contributed by atoms with Gasteiger partial charge in [0, 0.05) is 13.2 Å². The van der Waals surface area contributed by atoms with E-state index in [9.17, 15) is 0 Å². The van der Waals surface area contributed by atoms with Crippen molar-refractivity contribution in [2.24, 2.45) is 5.73 Å². The lowest BCUT2D eigenvalue weighted by Crippen LogP contribution is -2.08. The van der Waals surface area contributed by atoms with Crippen LogP contribution in [0, 0.1) is 0 Å². The molecule has 0 spiro atoms. The molecule has 0 aliphatic heterocycles. The minimum atomic E-state index is 0.0541. The average Bonchev–Trinajstić information content (AvgIpc) is 2.47. The second kappa shape index (κ2) is 7.08. The normalized spacial score (nSPS) is 12.2. The van der Waals surface area contributed by atoms with Crippen molar-refractivity contribution in [1.82, 2.24) is 0 Å². The molecule has 20 heavy (non-hydrogen) atoms. The van der Waals surface area contributed by atoms with Crippen LogP contribution in [0.5, 0.6) is 11.5 Å². The molecule has 3 nitrogen and oxygen atoms in total. The van der Waals surface area contributed by atoms with Crippen molar-refractivity contribution in [3.05, 3.63) is 59.7 Å². The van der Waals surface area contributed by atoms with Crippen molar-refractivity contribution in [2.75, 3.05) is 7.11 Å². The van der Waals surface area contributed by atoms with Crippen LogP contribution >= 0.6 is 0 Å². The Hall–Kier alpha value is -1.84. The molecular weight excluding hydrogens is 250 g/mol. The molecule has 0 radical (unpaired) electrons. The van der Waals surface area contributed by atoms with E-state index in [0.717, 1.165) is 29.0 Å². The van der Waals surface area contributed by atoms with Crippen LogP contribution in [0.4, 0.5) is 0 Å². The van der Waals surface area contributed by atoms with Gasteiger partial charge in [-0.05, 0) is 41.8 Å². The molecule has 0 aliphatic rings. The van der Waals surface area contributed by atoms with Gasteiger partial charge in [-0.2, -0.15) is 0 Å². The summed E-state index contributed by atoms with van der Waals surface area (Å²) >= 11 is 0. The van der Waals surface area contributed by atoms with E-state index in [0.29, 0.717) is 6.61 Å². The van der Waals surface area contributed by atoms with Gasteiger partial charge in [0.05, 0.1) is 6.61 Å². The maximum Gasteiger partial charge on any atom is 0.127 e. The van der Waals surface area contributed by atoms with Crippen LogP contribution < -0.4 is 10.5 Å². The van der Waals surface area contributed by atoms with Gasteiger partial charge in [0.2, 0.25) is 0 Å². The van der Waals surface area contributed by atoms with E-state index >= 15 is 0 Å². The summed E-state index contributed by atoms with van der Waals surface area (Å²) in [6.45, 7) is 2.66. The van der Waals surface area contributed by atoms with Gasteiger partial charge in [-0.25, -0.2) is 0 Å². The number of nitrogens with two attached hydrogens (primary N) is 1. The fourth-order valence-electron chi connectivity index (χ4n) is 2.05. The van der Waals surface area contributed by atoms with E-state index < -0.39 is 0 Å². The Morgan fingerprint density at radius 1 is 1.05 bits per heavy atom. The van der Waals surface area contributed by atoms with Gasteiger partial charge in [0.25, 0.3) is 0 Å². The largest absolute Gasteiger partial charge is 0.457 e. The van der Waals surface area contributed by atoms with Crippen molar-refractivity contribution < 1.29 is 9.47 Å². The Labute approximate surface area is 120 Å². The van der Waals surface area contributed by atoms with Gasteiger partial charge in [-0.3, -0.25) is 0 Å². The summed E-state index contributed by atoms with van der Waals surface area (Å²) < 4.78 is 11.0. The molecule has 2 aromatic rings. The topological polar surface area (TPSA) is 44.5 Å². The van der Waals surface area contributed by atoms with E-state index in [4.69, 9.17) is 15.2 Å². The Balaban J connectivity index is 2.15. The first-order valence-corrected chi connectivity index (χ1v) is 6.84. The quantitative estimate of drug-likeness (QED) is 0.862. The van der Waals surface area contributed by atoms with Crippen molar-refractivity contribution in [3.63, 3.8) is 0 Å². The van der Waals surface area contributed by atoms with Crippen LogP contribution in [-0.2, 0) is 11.3 Å². The van der Waals surface area contributed by atoms with Crippen molar-refractivity contribution in [2.45, 2.75) is 26.0 Å². The van der Waals surface area contributed by atoms with Crippen molar-refractivity contribution >= 4 is 0 Å². The third kappa shape index (κ3) is 3.83. The smallest absolute Gasteiger partial charge is 0.127 e. The van der Waals surface area contributed by atoms with Gasteiger partial charge in [0.15, 0.2) is 0 Å². The molecular formula is C17H21NO2. The molecule has 3 heteroatoms. The van der Waals surface area contributed by atoms with Crippen molar-refractivity contribution in [3.8, 4) is 11.5 Å². The third-order valence-corrected chi connectivity index (χ3v) is 3.17. The van der Waals surface area contributed by atoms with Crippen LogP contribution in [0.1, 0.15) is 30.5 Å². The zero-order chi connectivity index (χ0) is 14.4. The molecule has 2 rings (SSSR count). The third-order valence-electron chi connectivity index (χ3n) is 3.17. The molecule has 1 unspecified atom stereocenters. The summed E-state index contributed by atoms with van der Waals surface area (Å²) in [6, 6.07) is 15.9. The summed E-state index contributed by atoms with van der Waals surface area (Å²) in [6.07, 6.45) is 0.910. The van der Waals surface area contributed by atoms with E-state index in [1.165, 1.54) is 0 Å². The molecule has 106 valence electrons. The predicted molar refractivity (Wildman–Crippen MR) is 80.9 cm³/mol. The molecule has 0 amide bonds. The maximum absolute atomic E-state index is 6.05. The fourth-order valence-corrected chi connectivity index (χ4v) is 2.05. The molecule has 0 saturated carbocycles. The van der Waals surface area contributed by atoms with Crippen LogP contribution in [0.15, 0.2) is 48.5 Å². The average molecular weight is 271 g/mol. The number of hydrogen-bond acceptors (Lipinski definition) is 3. The molecule has 2 aromatic carbocycles. The lowest BCUT2D eigenvalue weighted by molar-refractivity contribution is 0.184. The van der Waals surface area contributed by atoms with Crippen LogP contribution in [-0.4, -0.2) is 7.11 Å². The van der Waals surface area contributed by atoms with Crippen LogP contribution in [0.25, 0.3) is 0 Å². The Morgan fingerprint density at radius 2 is 1.75 bits per heavy atom. The van der Waals surface area contributed by atoms with E-state index in [-0.39, 0.29) is 6.04 Å². The zero-order valence-electron chi connectivity index (χ0n) is 12.0. The number of benzene rings is 2. The van der Waals surface area contributed by atoms with Gasteiger partial charge < -0.3 is 15.2 Å². The highest BCUT2D eigenvalue weighted by molar-refractivity contribution is 5.36. The predicted octanol–water partition coefficient (Wildman–Crippen LogP) is 4.04. The summed E-state index contributed by atoms with van der Waals surface area (Å²) in [7, 11) is 1.68. The first-order chi connectivity index (χ1) is 9.72. The van der Waals surface area contributed by atoms with E-state index in [2.05, 4.69) is 6.92 Å². The first-order valence-electron chi connectivity index (χ1n) is 6.84. The van der Waals surface area contributed by atoms with Crippen molar-refractivity contribution in [1.29, 1.82) is 0 Å². The highest BCUT2D eigenvalue weighted by Crippen LogP contribution is 2.25. The van der Waals surface area contributed by atoms with Gasteiger partial charge in [0.1, 0.15) is 11.5 Å². The number of hydrogen-bond donors (Lipinski definition) is 1. The van der Waals surface area contributed by atoms with E-state index in [1.807, 2.05) is 48.5 Å². The highest BCUT2D eigenvalue weighted by Gasteiger charge is 2.05. The number of ether oxygens (including phenoxy) is 2. The molecule has 0 aliphatic carbocycles. The number of rotatable bonds is 6. The second-order valence-electron chi connectivity index (χ2n) is 4.77. The van der Waals surface area contributed by atoms with E-state index in [1.54, 1.807) is 7.11 Å². The lowest BCUT2D eigenvalue weighted by Gasteiger charge is -2.12.